The summed E-state index contributed by atoms with van der Waals surface area (Å²) in [5.74, 6) is -0.167. The fraction of sp³-hybridized carbons (Fsp3) is 0.182. The molecule has 0 unspecified atom stereocenters. The number of rotatable bonds is 3. The zero-order valence-electron chi connectivity index (χ0n) is 8.80. The maximum atomic E-state index is 11.6. The van der Waals surface area contributed by atoms with Crippen LogP contribution in [-0.4, -0.2) is 15.5 Å². The molecule has 0 saturated heterocycles. The lowest BCUT2D eigenvalue weighted by atomic mass is 10.1. The van der Waals surface area contributed by atoms with E-state index in [0.29, 0.717) is 4.88 Å². The molecule has 1 amide bonds. The van der Waals surface area contributed by atoms with Gasteiger partial charge in [-0.05, 0) is 35.6 Å². The average Bonchev–Trinajstić information content (AvgIpc) is 2.83. The zero-order valence-corrected chi connectivity index (χ0v) is 9.62. The largest absolute Gasteiger partial charge is 0.321 e. The highest BCUT2D eigenvalue weighted by atomic mass is 32.1. The van der Waals surface area contributed by atoms with Gasteiger partial charge in [-0.1, -0.05) is 23.5 Å². The molecule has 4 nitrogen and oxygen atoms in total. The molecule has 0 atom stereocenters. The summed E-state index contributed by atoms with van der Waals surface area (Å²) in [7, 11) is 0. The van der Waals surface area contributed by atoms with Gasteiger partial charge in [0.25, 0.3) is 5.91 Å². The normalized spacial score (nSPS) is 10.1. The maximum Gasteiger partial charge on any atom is 0.269 e. The molecule has 0 saturated carbocycles. The fourth-order valence-corrected chi connectivity index (χ4v) is 1.69. The Morgan fingerprint density at radius 1 is 1.38 bits per heavy atom. The maximum absolute atomic E-state index is 11.6. The van der Waals surface area contributed by atoms with Crippen LogP contribution in [0, 0.1) is 0 Å². The average molecular weight is 233 g/mol. The van der Waals surface area contributed by atoms with Crippen molar-refractivity contribution in [2.75, 3.05) is 5.32 Å². The number of nitrogens with one attached hydrogen (secondary N) is 1. The van der Waals surface area contributed by atoms with Gasteiger partial charge in [0.15, 0.2) is 0 Å². The molecule has 2 aromatic rings. The van der Waals surface area contributed by atoms with Crippen molar-refractivity contribution in [1.29, 1.82) is 0 Å². The number of carbonyl (C=O) groups excluding carboxylic acids is 1. The molecule has 2 rings (SSSR count). The Morgan fingerprint density at radius 2 is 2.12 bits per heavy atom. The molecule has 5 heteroatoms. The molecule has 16 heavy (non-hydrogen) atoms. The topological polar surface area (TPSA) is 54.9 Å². The summed E-state index contributed by atoms with van der Waals surface area (Å²) < 4.78 is 3.64. The summed E-state index contributed by atoms with van der Waals surface area (Å²) in [4.78, 5) is 12.2. The van der Waals surface area contributed by atoms with Crippen LogP contribution < -0.4 is 5.32 Å². The Labute approximate surface area is 97.5 Å². The van der Waals surface area contributed by atoms with E-state index in [0.717, 1.165) is 23.6 Å². The van der Waals surface area contributed by atoms with Crippen LogP contribution in [0.25, 0.3) is 0 Å². The van der Waals surface area contributed by atoms with Gasteiger partial charge in [-0.2, -0.15) is 0 Å². The van der Waals surface area contributed by atoms with Crippen LogP contribution in [0.2, 0.25) is 0 Å². The Morgan fingerprint density at radius 3 is 2.69 bits per heavy atom. The second kappa shape index (κ2) is 4.85. The molecular formula is C11H11N3OS. The minimum Gasteiger partial charge on any atom is -0.321 e. The van der Waals surface area contributed by atoms with Crippen LogP contribution in [0.15, 0.2) is 30.5 Å². The SMILES string of the molecule is CCc1ccc(NC(=O)c2cnns2)cc1. The van der Waals surface area contributed by atoms with E-state index in [-0.39, 0.29) is 5.91 Å². The first kappa shape index (κ1) is 10.8. The number of hydrogen-bond acceptors (Lipinski definition) is 4. The van der Waals surface area contributed by atoms with Gasteiger partial charge < -0.3 is 5.32 Å². The Hall–Kier alpha value is -1.75. The first-order valence-electron chi connectivity index (χ1n) is 4.97. The molecule has 0 spiro atoms. The van der Waals surface area contributed by atoms with Gasteiger partial charge in [0.05, 0.1) is 6.20 Å². The van der Waals surface area contributed by atoms with E-state index in [4.69, 9.17) is 0 Å². The first-order chi connectivity index (χ1) is 7.79. The first-order valence-corrected chi connectivity index (χ1v) is 5.74. The second-order valence-electron chi connectivity index (χ2n) is 3.29. The van der Waals surface area contributed by atoms with E-state index in [9.17, 15) is 4.79 Å². The van der Waals surface area contributed by atoms with E-state index in [1.165, 1.54) is 11.8 Å². The quantitative estimate of drug-likeness (QED) is 0.885. The molecule has 0 aliphatic carbocycles. The molecule has 82 valence electrons. The lowest BCUT2D eigenvalue weighted by Crippen LogP contribution is -2.09. The third-order valence-corrected chi connectivity index (χ3v) is 2.87. The van der Waals surface area contributed by atoms with Gasteiger partial charge in [-0.3, -0.25) is 4.79 Å². The number of benzene rings is 1. The Kier molecular flexibility index (Phi) is 3.26. The van der Waals surface area contributed by atoms with Gasteiger partial charge >= 0.3 is 0 Å². The third-order valence-electron chi connectivity index (χ3n) is 2.21. The molecule has 0 radical (unpaired) electrons. The fourth-order valence-electron chi connectivity index (χ4n) is 1.28. The Bertz CT molecular complexity index is 464. The van der Waals surface area contributed by atoms with Crippen LogP contribution in [-0.2, 0) is 6.42 Å². The Balaban J connectivity index is 2.06. The highest BCUT2D eigenvalue weighted by Crippen LogP contribution is 2.12. The van der Waals surface area contributed by atoms with Crippen molar-refractivity contribution < 1.29 is 4.79 Å². The minimum atomic E-state index is -0.167. The van der Waals surface area contributed by atoms with Crippen LogP contribution in [0.3, 0.4) is 0 Å². The number of carbonyl (C=O) groups is 1. The van der Waals surface area contributed by atoms with Crippen molar-refractivity contribution in [2.45, 2.75) is 13.3 Å². The van der Waals surface area contributed by atoms with Crippen molar-refractivity contribution in [3.63, 3.8) is 0 Å². The van der Waals surface area contributed by atoms with Gasteiger partial charge in [-0.25, -0.2) is 0 Å². The van der Waals surface area contributed by atoms with Crippen LogP contribution >= 0.6 is 11.5 Å². The number of amides is 1. The van der Waals surface area contributed by atoms with Crippen LogP contribution in [0.4, 0.5) is 5.69 Å². The molecule has 1 aromatic heterocycles. The van der Waals surface area contributed by atoms with Crippen molar-refractivity contribution >= 4 is 23.1 Å². The number of nitrogens with zero attached hydrogens (tertiary/aromatic N) is 2. The summed E-state index contributed by atoms with van der Waals surface area (Å²) in [5, 5.41) is 6.41. The van der Waals surface area contributed by atoms with Gasteiger partial charge in [0, 0.05) is 5.69 Å². The summed E-state index contributed by atoms with van der Waals surface area (Å²) in [6.45, 7) is 2.09. The summed E-state index contributed by atoms with van der Waals surface area (Å²) in [5.41, 5.74) is 2.04. The molecule has 0 bridgehead atoms. The lowest BCUT2D eigenvalue weighted by Gasteiger charge is -2.03. The van der Waals surface area contributed by atoms with Crippen LogP contribution in [0.5, 0.6) is 0 Å². The van der Waals surface area contributed by atoms with Gasteiger partial charge in [-0.15, -0.1) is 5.10 Å². The summed E-state index contributed by atoms with van der Waals surface area (Å²) in [6.07, 6.45) is 2.45. The summed E-state index contributed by atoms with van der Waals surface area (Å²) >= 11 is 1.08. The summed E-state index contributed by atoms with van der Waals surface area (Å²) in [6, 6.07) is 7.79. The molecule has 1 aromatic carbocycles. The highest BCUT2D eigenvalue weighted by Gasteiger charge is 2.08. The van der Waals surface area contributed by atoms with E-state index >= 15 is 0 Å². The molecule has 1 heterocycles. The second-order valence-corrected chi connectivity index (χ2v) is 4.07. The molecule has 0 fully saturated rings. The minimum absolute atomic E-state index is 0.167. The van der Waals surface area contributed by atoms with E-state index in [2.05, 4.69) is 21.8 Å². The van der Waals surface area contributed by atoms with E-state index in [1.807, 2.05) is 24.3 Å². The number of anilines is 1. The smallest absolute Gasteiger partial charge is 0.269 e. The predicted molar refractivity (Wildman–Crippen MR) is 63.7 cm³/mol. The van der Waals surface area contributed by atoms with E-state index in [1.54, 1.807) is 0 Å². The number of aryl methyl sites for hydroxylation is 1. The van der Waals surface area contributed by atoms with Crippen molar-refractivity contribution in [3.8, 4) is 0 Å². The molecule has 0 aliphatic rings. The highest BCUT2D eigenvalue weighted by molar-refractivity contribution is 7.07. The van der Waals surface area contributed by atoms with Crippen molar-refractivity contribution in [2.24, 2.45) is 0 Å². The number of aromatic nitrogens is 2. The van der Waals surface area contributed by atoms with Crippen LogP contribution in [0.1, 0.15) is 22.2 Å². The monoisotopic (exact) mass is 233 g/mol. The van der Waals surface area contributed by atoms with Gasteiger partial charge in [0.2, 0.25) is 0 Å². The number of hydrogen-bond donors (Lipinski definition) is 1. The van der Waals surface area contributed by atoms with Crippen molar-refractivity contribution in [3.05, 3.63) is 40.9 Å². The van der Waals surface area contributed by atoms with Gasteiger partial charge in [0.1, 0.15) is 4.88 Å². The predicted octanol–water partition coefficient (Wildman–Crippen LogP) is 2.35. The zero-order chi connectivity index (χ0) is 11.4. The third kappa shape index (κ3) is 2.43. The molecule has 0 aliphatic heterocycles. The van der Waals surface area contributed by atoms with E-state index < -0.39 is 0 Å². The molecule has 1 N–H and O–H groups in total. The lowest BCUT2D eigenvalue weighted by molar-refractivity contribution is 0.103. The molecular weight excluding hydrogens is 222 g/mol. The standard InChI is InChI=1S/C11H11N3OS/c1-2-8-3-5-9(6-4-8)13-11(15)10-7-12-14-16-10/h3-7H,2H2,1H3,(H,13,15). The van der Waals surface area contributed by atoms with Crippen molar-refractivity contribution in [1.82, 2.24) is 9.59 Å².